The quantitative estimate of drug-likeness (QED) is 0.774. The van der Waals surface area contributed by atoms with Crippen LogP contribution in [-0.2, 0) is 14.3 Å². The lowest BCUT2D eigenvalue weighted by molar-refractivity contribution is -0.153. The van der Waals surface area contributed by atoms with E-state index in [1.807, 2.05) is 0 Å². The molecule has 0 aromatic rings. The highest BCUT2D eigenvalue weighted by molar-refractivity contribution is 5.86. The minimum atomic E-state index is -0.887. The molecule has 0 radical (unpaired) electrons. The van der Waals surface area contributed by atoms with Crippen molar-refractivity contribution in [2.24, 2.45) is 5.92 Å². The molecule has 2 unspecified atom stereocenters. The monoisotopic (exact) mass is 229 g/mol. The molecule has 0 aromatic heterocycles. The van der Waals surface area contributed by atoms with Crippen molar-refractivity contribution in [2.75, 3.05) is 13.7 Å². The second-order valence-corrected chi connectivity index (χ2v) is 4.69. The van der Waals surface area contributed by atoms with E-state index in [9.17, 15) is 9.59 Å². The summed E-state index contributed by atoms with van der Waals surface area (Å²) in [7, 11) is 1.48. The molecule has 92 valence electrons. The van der Waals surface area contributed by atoms with Gasteiger partial charge in [0, 0.05) is 19.7 Å². The van der Waals surface area contributed by atoms with Crippen LogP contribution in [0, 0.1) is 5.92 Å². The number of carbonyl (C=O) groups is 2. The van der Waals surface area contributed by atoms with Gasteiger partial charge in [0.15, 0.2) is 0 Å². The summed E-state index contributed by atoms with van der Waals surface area (Å²) in [5.74, 6) is -1.44. The minimum Gasteiger partial charge on any atom is -0.481 e. The third kappa shape index (κ3) is 2.19. The van der Waals surface area contributed by atoms with Crippen molar-refractivity contribution in [3.63, 3.8) is 0 Å². The van der Waals surface area contributed by atoms with E-state index in [1.165, 1.54) is 7.11 Å². The zero-order valence-corrected chi connectivity index (χ0v) is 10.2. The van der Waals surface area contributed by atoms with Crippen LogP contribution in [0.25, 0.3) is 0 Å². The Labute approximate surface area is 95.4 Å². The van der Waals surface area contributed by atoms with Crippen LogP contribution >= 0.6 is 0 Å². The van der Waals surface area contributed by atoms with Gasteiger partial charge >= 0.3 is 5.97 Å². The number of carbonyl (C=O) groups excluding carboxylic acids is 1. The molecular weight excluding hydrogens is 210 g/mol. The standard InChI is InChI=1S/C11H19NO4/c1-7-8(9(13)14)5-6-12(7)10(15)11(2,3)16-4/h7-8H,5-6H2,1-4H3,(H,13,14). The van der Waals surface area contributed by atoms with Gasteiger partial charge in [-0.2, -0.15) is 0 Å². The molecule has 0 bridgehead atoms. The highest BCUT2D eigenvalue weighted by atomic mass is 16.5. The third-order valence-corrected chi connectivity index (χ3v) is 3.36. The largest absolute Gasteiger partial charge is 0.481 e. The van der Waals surface area contributed by atoms with Crippen molar-refractivity contribution >= 4 is 11.9 Å². The summed E-state index contributed by atoms with van der Waals surface area (Å²) in [6, 6.07) is -0.264. The summed E-state index contributed by atoms with van der Waals surface area (Å²) in [4.78, 5) is 24.6. The Morgan fingerprint density at radius 3 is 2.38 bits per heavy atom. The summed E-state index contributed by atoms with van der Waals surface area (Å²) in [5, 5.41) is 8.97. The van der Waals surface area contributed by atoms with Gasteiger partial charge in [0.1, 0.15) is 5.60 Å². The van der Waals surface area contributed by atoms with Crippen molar-refractivity contribution in [1.29, 1.82) is 0 Å². The maximum absolute atomic E-state index is 12.1. The summed E-state index contributed by atoms with van der Waals surface area (Å²) in [6.45, 7) is 5.64. The third-order valence-electron chi connectivity index (χ3n) is 3.36. The van der Waals surface area contributed by atoms with Crippen LogP contribution in [0.15, 0.2) is 0 Å². The zero-order valence-electron chi connectivity index (χ0n) is 10.2. The van der Waals surface area contributed by atoms with Crippen LogP contribution in [0.2, 0.25) is 0 Å². The Hall–Kier alpha value is -1.10. The number of rotatable bonds is 3. The summed E-state index contributed by atoms with van der Waals surface area (Å²) in [6.07, 6.45) is 0.516. The maximum atomic E-state index is 12.1. The number of hydrogen-bond acceptors (Lipinski definition) is 3. The molecule has 1 aliphatic rings. The number of methoxy groups -OCH3 is 1. The lowest BCUT2D eigenvalue weighted by atomic mass is 10.0. The first-order valence-electron chi connectivity index (χ1n) is 5.40. The molecule has 0 aromatic carbocycles. The number of ether oxygens (including phenoxy) is 1. The lowest BCUT2D eigenvalue weighted by Crippen LogP contribution is -2.48. The van der Waals surface area contributed by atoms with E-state index >= 15 is 0 Å². The van der Waals surface area contributed by atoms with Gasteiger partial charge in [0.05, 0.1) is 5.92 Å². The fourth-order valence-electron chi connectivity index (χ4n) is 1.99. The summed E-state index contributed by atoms with van der Waals surface area (Å²) in [5.41, 5.74) is -0.887. The van der Waals surface area contributed by atoms with Crippen LogP contribution in [0.4, 0.5) is 0 Å². The number of nitrogens with zero attached hydrogens (tertiary/aromatic N) is 1. The molecule has 0 aliphatic carbocycles. The van der Waals surface area contributed by atoms with Gasteiger partial charge in [-0.15, -0.1) is 0 Å². The van der Waals surface area contributed by atoms with E-state index < -0.39 is 17.5 Å². The van der Waals surface area contributed by atoms with Gasteiger partial charge in [-0.05, 0) is 27.2 Å². The molecule has 0 spiro atoms. The molecule has 5 nitrogen and oxygen atoms in total. The van der Waals surface area contributed by atoms with Gasteiger partial charge in [-0.3, -0.25) is 9.59 Å². The van der Waals surface area contributed by atoms with Crippen LogP contribution in [-0.4, -0.2) is 47.2 Å². The first kappa shape index (κ1) is 13.0. The van der Waals surface area contributed by atoms with Crippen LogP contribution < -0.4 is 0 Å². The summed E-state index contributed by atoms with van der Waals surface area (Å²) < 4.78 is 5.12. The molecule has 1 saturated heterocycles. The molecule has 1 rings (SSSR count). The molecule has 5 heteroatoms. The fraction of sp³-hybridized carbons (Fsp3) is 0.818. The van der Waals surface area contributed by atoms with Gasteiger partial charge < -0.3 is 14.7 Å². The average Bonchev–Trinajstić information content (AvgIpc) is 2.59. The average molecular weight is 229 g/mol. The van der Waals surface area contributed by atoms with Gasteiger partial charge in [-0.1, -0.05) is 0 Å². The number of carboxylic acids is 1. The normalized spacial score (nSPS) is 25.9. The fourth-order valence-corrected chi connectivity index (χ4v) is 1.99. The van der Waals surface area contributed by atoms with Crippen LogP contribution in [0.1, 0.15) is 27.2 Å². The van der Waals surface area contributed by atoms with Gasteiger partial charge in [0.25, 0.3) is 5.91 Å². The van der Waals surface area contributed by atoms with E-state index in [0.29, 0.717) is 13.0 Å². The predicted octanol–water partition coefficient (Wildman–Crippen LogP) is 0.733. The Kier molecular flexibility index (Phi) is 3.57. The first-order valence-corrected chi connectivity index (χ1v) is 5.40. The molecule has 1 fully saturated rings. The molecule has 16 heavy (non-hydrogen) atoms. The second kappa shape index (κ2) is 4.41. The Balaban J connectivity index is 2.78. The predicted molar refractivity (Wildman–Crippen MR) is 58.0 cm³/mol. The SMILES string of the molecule is COC(C)(C)C(=O)N1CCC(C(=O)O)C1C. The number of carboxylic acid groups (broad SMARTS) is 1. The van der Waals surface area contributed by atoms with E-state index in [-0.39, 0.29) is 11.9 Å². The molecule has 1 N–H and O–H groups in total. The van der Waals surface area contributed by atoms with Crippen LogP contribution in [0.5, 0.6) is 0 Å². The van der Waals surface area contributed by atoms with Crippen molar-refractivity contribution in [3.8, 4) is 0 Å². The molecular formula is C11H19NO4. The van der Waals surface area contributed by atoms with Crippen molar-refractivity contribution in [3.05, 3.63) is 0 Å². The van der Waals surface area contributed by atoms with E-state index in [4.69, 9.17) is 9.84 Å². The van der Waals surface area contributed by atoms with Gasteiger partial charge in [-0.25, -0.2) is 0 Å². The van der Waals surface area contributed by atoms with Crippen molar-refractivity contribution in [2.45, 2.75) is 38.8 Å². The second-order valence-electron chi connectivity index (χ2n) is 4.69. The minimum absolute atomic E-state index is 0.147. The van der Waals surface area contributed by atoms with E-state index in [2.05, 4.69) is 0 Å². The van der Waals surface area contributed by atoms with Crippen molar-refractivity contribution in [1.82, 2.24) is 4.90 Å². The number of likely N-dealkylation sites (tertiary alicyclic amines) is 1. The zero-order chi connectivity index (χ0) is 12.5. The highest BCUT2D eigenvalue weighted by Gasteiger charge is 2.42. The van der Waals surface area contributed by atoms with E-state index in [0.717, 1.165) is 0 Å². The Morgan fingerprint density at radius 1 is 1.44 bits per heavy atom. The van der Waals surface area contributed by atoms with Crippen LogP contribution in [0.3, 0.4) is 0 Å². The molecule has 0 saturated carbocycles. The smallest absolute Gasteiger partial charge is 0.308 e. The Morgan fingerprint density at radius 2 is 2.00 bits per heavy atom. The van der Waals surface area contributed by atoms with Gasteiger partial charge in [0.2, 0.25) is 0 Å². The molecule has 1 aliphatic heterocycles. The number of hydrogen-bond donors (Lipinski definition) is 1. The number of amides is 1. The first-order chi connectivity index (χ1) is 7.31. The molecule has 1 heterocycles. The van der Waals surface area contributed by atoms with Crippen molar-refractivity contribution < 1.29 is 19.4 Å². The molecule has 1 amide bonds. The van der Waals surface area contributed by atoms with E-state index in [1.54, 1.807) is 25.7 Å². The lowest BCUT2D eigenvalue weighted by Gasteiger charge is -2.31. The topological polar surface area (TPSA) is 66.8 Å². The maximum Gasteiger partial charge on any atom is 0.308 e. The Bertz CT molecular complexity index is 300. The number of aliphatic carboxylic acids is 1. The highest BCUT2D eigenvalue weighted by Crippen LogP contribution is 2.27. The molecule has 2 atom stereocenters. The summed E-state index contributed by atoms with van der Waals surface area (Å²) >= 11 is 0.